The zero-order valence-corrected chi connectivity index (χ0v) is 14.6. The summed E-state index contributed by atoms with van der Waals surface area (Å²) in [5.74, 6) is 0.214. The molecule has 0 atom stereocenters. The minimum absolute atomic E-state index is 0.216. The second kappa shape index (κ2) is 7.63. The van der Waals surface area contributed by atoms with Crippen LogP contribution in [0.3, 0.4) is 0 Å². The molecule has 0 fully saturated rings. The fraction of sp³-hybridized carbons (Fsp3) is 0. The topological polar surface area (TPSA) is 97.4 Å². The van der Waals surface area contributed by atoms with Gasteiger partial charge in [0.2, 0.25) is 0 Å². The van der Waals surface area contributed by atoms with E-state index >= 15 is 0 Å². The first-order valence-corrected chi connectivity index (χ1v) is 8.44. The summed E-state index contributed by atoms with van der Waals surface area (Å²) in [7, 11) is 0. The molecule has 2 aromatic carbocycles. The monoisotopic (exact) mass is 373 g/mol. The molecule has 28 heavy (non-hydrogen) atoms. The van der Waals surface area contributed by atoms with Gasteiger partial charge in [-0.3, -0.25) is 9.59 Å². The number of nitrogens with one attached hydrogen (secondary N) is 2. The molecule has 0 spiro atoms. The minimum Gasteiger partial charge on any atom is -0.459 e. The molecule has 0 aliphatic carbocycles. The molecule has 2 amide bonds. The van der Waals surface area contributed by atoms with Crippen molar-refractivity contribution >= 4 is 23.2 Å². The van der Waals surface area contributed by atoms with Crippen LogP contribution in [0.4, 0.5) is 11.4 Å². The van der Waals surface area contributed by atoms with Crippen LogP contribution in [-0.4, -0.2) is 16.8 Å². The summed E-state index contributed by atoms with van der Waals surface area (Å²) in [5, 5.41) is 5.54. The molecule has 0 aliphatic heterocycles. The Balaban J connectivity index is 1.43. The molecule has 0 saturated heterocycles. The third kappa shape index (κ3) is 3.83. The van der Waals surface area contributed by atoms with Crippen LogP contribution in [0.5, 0.6) is 0 Å². The van der Waals surface area contributed by atoms with Crippen molar-refractivity contribution < 1.29 is 18.4 Å². The summed E-state index contributed by atoms with van der Waals surface area (Å²) in [6.45, 7) is 0. The number of carbonyl (C=O) groups excluding carboxylic acids is 2. The quantitative estimate of drug-likeness (QED) is 0.539. The van der Waals surface area contributed by atoms with Gasteiger partial charge in [0.15, 0.2) is 17.9 Å². The van der Waals surface area contributed by atoms with Crippen LogP contribution in [0.15, 0.2) is 88.4 Å². The number of furan rings is 1. The van der Waals surface area contributed by atoms with Gasteiger partial charge in [-0.15, -0.1) is 0 Å². The van der Waals surface area contributed by atoms with E-state index in [1.165, 1.54) is 12.7 Å². The van der Waals surface area contributed by atoms with Gasteiger partial charge in [-0.2, -0.15) is 0 Å². The first-order valence-electron chi connectivity index (χ1n) is 8.44. The van der Waals surface area contributed by atoms with E-state index in [0.29, 0.717) is 22.7 Å². The van der Waals surface area contributed by atoms with E-state index in [9.17, 15) is 9.59 Å². The highest BCUT2D eigenvalue weighted by Gasteiger charge is 2.11. The van der Waals surface area contributed by atoms with Crippen molar-refractivity contribution in [3.8, 4) is 11.3 Å². The number of nitrogens with zero attached hydrogens (tertiary/aromatic N) is 1. The lowest BCUT2D eigenvalue weighted by Gasteiger charge is -2.08. The number of benzene rings is 2. The first-order chi connectivity index (χ1) is 13.7. The number of carbonyl (C=O) groups is 2. The van der Waals surface area contributed by atoms with Crippen molar-refractivity contribution in [1.29, 1.82) is 0 Å². The first kappa shape index (κ1) is 17.3. The summed E-state index contributed by atoms with van der Waals surface area (Å²) < 4.78 is 10.3. The predicted octanol–water partition coefficient (Wildman–Crippen LogP) is 4.44. The lowest BCUT2D eigenvalue weighted by Crippen LogP contribution is -2.13. The number of anilines is 2. The van der Waals surface area contributed by atoms with E-state index in [1.54, 1.807) is 54.7 Å². The fourth-order valence-corrected chi connectivity index (χ4v) is 2.62. The van der Waals surface area contributed by atoms with Gasteiger partial charge in [-0.05, 0) is 48.5 Å². The van der Waals surface area contributed by atoms with Crippen molar-refractivity contribution in [3.63, 3.8) is 0 Å². The van der Waals surface area contributed by atoms with Crippen molar-refractivity contribution in [2.75, 3.05) is 10.6 Å². The Bertz CT molecular complexity index is 1090. The number of amides is 2. The molecular weight excluding hydrogens is 358 g/mol. The Morgan fingerprint density at radius 3 is 2.36 bits per heavy atom. The van der Waals surface area contributed by atoms with Crippen LogP contribution in [0.25, 0.3) is 11.3 Å². The zero-order chi connectivity index (χ0) is 19.3. The molecule has 0 bridgehead atoms. The van der Waals surface area contributed by atoms with E-state index in [2.05, 4.69) is 15.6 Å². The third-order valence-corrected chi connectivity index (χ3v) is 3.99. The zero-order valence-electron chi connectivity index (χ0n) is 14.6. The molecule has 138 valence electrons. The molecule has 2 aromatic heterocycles. The van der Waals surface area contributed by atoms with Crippen LogP contribution in [-0.2, 0) is 0 Å². The van der Waals surface area contributed by atoms with Crippen LogP contribution in [0.1, 0.15) is 20.9 Å². The number of oxazole rings is 1. The Morgan fingerprint density at radius 2 is 1.64 bits per heavy atom. The molecule has 4 aromatic rings. The van der Waals surface area contributed by atoms with E-state index < -0.39 is 0 Å². The van der Waals surface area contributed by atoms with Crippen molar-refractivity contribution in [1.82, 2.24) is 4.98 Å². The summed E-state index contributed by atoms with van der Waals surface area (Å²) in [6, 6.07) is 17.1. The van der Waals surface area contributed by atoms with Gasteiger partial charge in [0.1, 0.15) is 0 Å². The molecule has 7 nitrogen and oxygen atoms in total. The molecule has 2 N–H and O–H groups in total. The van der Waals surface area contributed by atoms with Gasteiger partial charge in [0, 0.05) is 22.5 Å². The van der Waals surface area contributed by atoms with Crippen molar-refractivity contribution in [3.05, 3.63) is 90.8 Å². The molecular formula is C21H15N3O4. The third-order valence-electron chi connectivity index (χ3n) is 3.99. The Hall–Kier alpha value is -4.13. The minimum atomic E-state index is -0.355. The molecule has 0 saturated carbocycles. The number of hydrogen-bond acceptors (Lipinski definition) is 5. The molecule has 7 heteroatoms. The van der Waals surface area contributed by atoms with Crippen LogP contribution < -0.4 is 10.6 Å². The maximum absolute atomic E-state index is 12.5. The largest absolute Gasteiger partial charge is 0.459 e. The highest BCUT2D eigenvalue weighted by Crippen LogP contribution is 2.22. The maximum Gasteiger partial charge on any atom is 0.291 e. The van der Waals surface area contributed by atoms with Gasteiger partial charge >= 0.3 is 0 Å². The molecule has 4 rings (SSSR count). The number of hydrogen-bond donors (Lipinski definition) is 2. The predicted molar refractivity (Wildman–Crippen MR) is 103 cm³/mol. The Morgan fingerprint density at radius 1 is 0.821 bits per heavy atom. The summed E-state index contributed by atoms with van der Waals surface area (Å²) in [4.78, 5) is 28.3. The second-order valence-electron chi connectivity index (χ2n) is 5.91. The van der Waals surface area contributed by atoms with Gasteiger partial charge in [-0.25, -0.2) is 4.98 Å². The average Bonchev–Trinajstić information content (AvgIpc) is 3.43. The van der Waals surface area contributed by atoms with Gasteiger partial charge in [0.25, 0.3) is 11.8 Å². The summed E-state index contributed by atoms with van der Waals surface area (Å²) >= 11 is 0. The lowest BCUT2D eigenvalue weighted by molar-refractivity contribution is 0.0995. The van der Waals surface area contributed by atoms with E-state index in [-0.39, 0.29) is 17.6 Å². The van der Waals surface area contributed by atoms with Crippen molar-refractivity contribution in [2.24, 2.45) is 0 Å². The molecule has 2 heterocycles. The fourth-order valence-electron chi connectivity index (χ4n) is 2.62. The van der Waals surface area contributed by atoms with E-state index in [0.717, 1.165) is 5.56 Å². The SMILES string of the molecule is O=C(Nc1cccc(-c2cnco2)c1)c1ccc(NC(=O)c2ccco2)cc1. The highest BCUT2D eigenvalue weighted by atomic mass is 16.3. The average molecular weight is 373 g/mol. The van der Waals surface area contributed by atoms with Gasteiger partial charge in [0.05, 0.1) is 12.5 Å². The van der Waals surface area contributed by atoms with E-state index in [4.69, 9.17) is 8.83 Å². The summed E-state index contributed by atoms with van der Waals surface area (Å²) in [6.07, 6.45) is 4.39. The second-order valence-corrected chi connectivity index (χ2v) is 5.91. The van der Waals surface area contributed by atoms with E-state index in [1.807, 2.05) is 12.1 Å². The number of aromatic nitrogens is 1. The van der Waals surface area contributed by atoms with Gasteiger partial charge < -0.3 is 19.5 Å². The molecule has 0 unspecified atom stereocenters. The summed E-state index contributed by atoms with van der Waals surface area (Å²) in [5.41, 5.74) is 2.46. The van der Waals surface area contributed by atoms with Crippen LogP contribution in [0, 0.1) is 0 Å². The van der Waals surface area contributed by atoms with Crippen LogP contribution >= 0.6 is 0 Å². The smallest absolute Gasteiger partial charge is 0.291 e. The van der Waals surface area contributed by atoms with Crippen LogP contribution in [0.2, 0.25) is 0 Å². The Kier molecular flexibility index (Phi) is 4.71. The number of rotatable bonds is 5. The normalized spacial score (nSPS) is 10.4. The Labute approximate surface area is 160 Å². The highest BCUT2D eigenvalue weighted by molar-refractivity contribution is 6.05. The van der Waals surface area contributed by atoms with Gasteiger partial charge in [-0.1, -0.05) is 12.1 Å². The molecule has 0 radical (unpaired) electrons. The maximum atomic E-state index is 12.5. The van der Waals surface area contributed by atoms with Crippen molar-refractivity contribution in [2.45, 2.75) is 0 Å². The lowest BCUT2D eigenvalue weighted by atomic mass is 10.1. The molecule has 0 aliphatic rings. The standard InChI is InChI=1S/C21H15N3O4/c25-20(24-17-4-1-3-15(11-17)19-12-22-13-28-19)14-6-8-16(9-7-14)23-21(26)18-5-2-10-27-18/h1-13H,(H,23,26)(H,24,25).